The molecule has 0 bridgehead atoms. The van der Waals surface area contributed by atoms with E-state index in [0.29, 0.717) is 24.3 Å². The lowest BCUT2D eigenvalue weighted by atomic mass is 10.1. The van der Waals surface area contributed by atoms with Gasteiger partial charge in [0.2, 0.25) is 0 Å². The minimum atomic E-state index is -0.786. The molecule has 1 aromatic carbocycles. The van der Waals surface area contributed by atoms with Crippen LogP contribution in [0.3, 0.4) is 0 Å². The third-order valence-corrected chi connectivity index (χ3v) is 2.82. The second-order valence-corrected chi connectivity index (χ2v) is 4.46. The minimum Gasteiger partial charge on any atom is -0.493 e. The summed E-state index contributed by atoms with van der Waals surface area (Å²) in [6.07, 6.45) is 1.37. The number of halogens is 1. The van der Waals surface area contributed by atoms with Crippen LogP contribution < -0.4 is 9.47 Å². The van der Waals surface area contributed by atoms with Crippen LogP contribution in [0.25, 0.3) is 0 Å². The van der Waals surface area contributed by atoms with Gasteiger partial charge < -0.3 is 14.6 Å². The zero-order valence-corrected chi connectivity index (χ0v) is 11.4. The van der Waals surface area contributed by atoms with E-state index in [9.17, 15) is 4.79 Å². The van der Waals surface area contributed by atoms with Crippen LogP contribution in [-0.2, 0) is 11.2 Å². The van der Waals surface area contributed by atoms with Crippen molar-refractivity contribution < 1.29 is 19.4 Å². The van der Waals surface area contributed by atoms with Crippen molar-refractivity contribution in [3.63, 3.8) is 0 Å². The molecule has 0 radical (unpaired) electrons. The minimum absolute atomic E-state index is 0.151. The molecule has 0 spiro atoms. The van der Waals surface area contributed by atoms with Crippen molar-refractivity contribution in [1.82, 2.24) is 0 Å². The van der Waals surface area contributed by atoms with Crippen LogP contribution in [0.4, 0.5) is 0 Å². The first-order valence-corrected chi connectivity index (χ1v) is 6.00. The molecular weight excluding hydrogens is 288 g/mol. The van der Waals surface area contributed by atoms with Crippen LogP contribution in [0.2, 0.25) is 0 Å². The van der Waals surface area contributed by atoms with Gasteiger partial charge in [0.25, 0.3) is 0 Å². The number of carbonyl (C=O) groups is 1. The summed E-state index contributed by atoms with van der Waals surface area (Å²) in [5.41, 5.74) is 0.944. The Morgan fingerprint density at radius 2 is 2.06 bits per heavy atom. The van der Waals surface area contributed by atoms with Gasteiger partial charge in [-0.25, -0.2) is 0 Å². The molecule has 0 aliphatic heterocycles. The number of rotatable bonds is 6. The molecule has 17 heavy (non-hydrogen) atoms. The maximum absolute atomic E-state index is 10.5. The smallest absolute Gasteiger partial charge is 0.303 e. The number of methoxy groups -OCH3 is 2. The largest absolute Gasteiger partial charge is 0.493 e. The van der Waals surface area contributed by atoms with E-state index in [0.717, 1.165) is 10.0 Å². The first kappa shape index (κ1) is 13.8. The zero-order chi connectivity index (χ0) is 12.8. The van der Waals surface area contributed by atoms with Gasteiger partial charge in [-0.15, -0.1) is 0 Å². The zero-order valence-electron chi connectivity index (χ0n) is 9.83. The molecule has 1 rings (SSSR count). The average molecular weight is 303 g/mol. The fourth-order valence-corrected chi connectivity index (χ4v) is 2.11. The Kier molecular flexibility index (Phi) is 5.28. The van der Waals surface area contributed by atoms with Crippen molar-refractivity contribution in [1.29, 1.82) is 0 Å². The Labute approximate surface area is 109 Å². The van der Waals surface area contributed by atoms with Gasteiger partial charge in [-0.2, -0.15) is 0 Å². The van der Waals surface area contributed by atoms with E-state index in [1.807, 2.05) is 12.1 Å². The van der Waals surface area contributed by atoms with E-state index in [1.165, 1.54) is 0 Å². The van der Waals surface area contributed by atoms with Crippen molar-refractivity contribution in [2.45, 2.75) is 19.3 Å². The van der Waals surface area contributed by atoms with Crippen LogP contribution >= 0.6 is 15.9 Å². The number of hydrogen-bond donors (Lipinski definition) is 1. The van der Waals surface area contributed by atoms with E-state index in [4.69, 9.17) is 14.6 Å². The van der Waals surface area contributed by atoms with Gasteiger partial charge >= 0.3 is 5.97 Å². The second-order valence-electron chi connectivity index (χ2n) is 3.55. The monoisotopic (exact) mass is 302 g/mol. The number of ether oxygens (including phenoxy) is 2. The van der Waals surface area contributed by atoms with Crippen molar-refractivity contribution in [2.75, 3.05) is 14.2 Å². The summed E-state index contributed by atoms with van der Waals surface area (Å²) in [5, 5.41) is 8.61. The van der Waals surface area contributed by atoms with Crippen molar-refractivity contribution in [3.05, 3.63) is 22.2 Å². The quantitative estimate of drug-likeness (QED) is 0.878. The Hall–Kier alpha value is -1.23. The van der Waals surface area contributed by atoms with Crippen LogP contribution in [0.15, 0.2) is 16.6 Å². The SMILES string of the molecule is COc1cc(Br)cc(CCCC(=O)O)c1OC. The molecule has 0 aliphatic rings. The summed E-state index contributed by atoms with van der Waals surface area (Å²) < 4.78 is 11.4. The molecular formula is C12H15BrO4. The third kappa shape index (κ3) is 3.93. The number of benzene rings is 1. The maximum Gasteiger partial charge on any atom is 0.303 e. The molecule has 0 heterocycles. The standard InChI is InChI=1S/C12H15BrO4/c1-16-10-7-9(13)6-8(12(10)17-2)4-3-5-11(14)15/h6-7H,3-5H2,1-2H3,(H,14,15). The lowest BCUT2D eigenvalue weighted by Gasteiger charge is -2.13. The molecule has 1 N–H and O–H groups in total. The van der Waals surface area contributed by atoms with E-state index < -0.39 is 5.97 Å². The number of aliphatic carboxylic acids is 1. The number of carboxylic acids is 1. The normalized spacial score (nSPS) is 10.1. The fourth-order valence-electron chi connectivity index (χ4n) is 1.62. The van der Waals surface area contributed by atoms with E-state index in [2.05, 4.69) is 15.9 Å². The highest BCUT2D eigenvalue weighted by Gasteiger charge is 2.11. The molecule has 0 atom stereocenters. The average Bonchev–Trinajstić information content (AvgIpc) is 2.27. The summed E-state index contributed by atoms with van der Waals surface area (Å²) in [6, 6.07) is 3.74. The third-order valence-electron chi connectivity index (χ3n) is 2.36. The van der Waals surface area contributed by atoms with Gasteiger partial charge in [0.05, 0.1) is 14.2 Å². The molecule has 0 saturated heterocycles. The maximum atomic E-state index is 10.5. The highest BCUT2D eigenvalue weighted by molar-refractivity contribution is 9.10. The lowest BCUT2D eigenvalue weighted by molar-refractivity contribution is -0.137. The predicted molar refractivity (Wildman–Crippen MR) is 67.8 cm³/mol. The van der Waals surface area contributed by atoms with Gasteiger partial charge in [0.1, 0.15) is 0 Å². The Bertz CT molecular complexity index is 404. The lowest BCUT2D eigenvalue weighted by Crippen LogP contribution is -1.99. The topological polar surface area (TPSA) is 55.8 Å². The number of aryl methyl sites for hydroxylation is 1. The Balaban J connectivity index is 2.88. The highest BCUT2D eigenvalue weighted by atomic mass is 79.9. The Morgan fingerprint density at radius 1 is 1.35 bits per heavy atom. The van der Waals surface area contributed by atoms with Crippen molar-refractivity contribution >= 4 is 21.9 Å². The predicted octanol–water partition coefficient (Wildman–Crippen LogP) is 2.87. The van der Waals surface area contributed by atoms with E-state index in [1.54, 1.807) is 14.2 Å². The van der Waals surface area contributed by atoms with Crippen LogP contribution in [0.1, 0.15) is 18.4 Å². The molecule has 0 unspecified atom stereocenters. The van der Waals surface area contributed by atoms with Gasteiger partial charge in [-0.1, -0.05) is 15.9 Å². The van der Waals surface area contributed by atoms with Crippen LogP contribution in [0.5, 0.6) is 11.5 Å². The summed E-state index contributed by atoms with van der Waals surface area (Å²) in [7, 11) is 3.15. The number of hydrogen-bond acceptors (Lipinski definition) is 3. The first-order valence-electron chi connectivity index (χ1n) is 5.20. The summed E-state index contributed by atoms with van der Waals surface area (Å²) in [6.45, 7) is 0. The first-order chi connectivity index (χ1) is 8.08. The van der Waals surface area contributed by atoms with Gasteiger partial charge in [-0.05, 0) is 30.5 Å². The molecule has 0 fully saturated rings. The highest BCUT2D eigenvalue weighted by Crippen LogP contribution is 2.35. The van der Waals surface area contributed by atoms with Crippen molar-refractivity contribution in [2.24, 2.45) is 0 Å². The molecule has 5 heteroatoms. The fraction of sp³-hybridized carbons (Fsp3) is 0.417. The summed E-state index contributed by atoms with van der Waals surface area (Å²) >= 11 is 3.39. The molecule has 0 saturated carbocycles. The van der Waals surface area contributed by atoms with E-state index in [-0.39, 0.29) is 6.42 Å². The van der Waals surface area contributed by atoms with Gasteiger partial charge in [0, 0.05) is 10.9 Å². The Morgan fingerprint density at radius 3 is 2.59 bits per heavy atom. The van der Waals surface area contributed by atoms with Gasteiger partial charge in [-0.3, -0.25) is 4.79 Å². The molecule has 0 amide bonds. The van der Waals surface area contributed by atoms with E-state index >= 15 is 0 Å². The molecule has 0 aromatic heterocycles. The van der Waals surface area contributed by atoms with Crippen molar-refractivity contribution in [3.8, 4) is 11.5 Å². The molecule has 1 aromatic rings. The molecule has 94 valence electrons. The summed E-state index contributed by atoms with van der Waals surface area (Å²) in [4.78, 5) is 10.5. The van der Waals surface area contributed by atoms with Crippen LogP contribution in [0, 0.1) is 0 Å². The number of carboxylic acid groups (broad SMARTS) is 1. The van der Waals surface area contributed by atoms with Gasteiger partial charge in [0.15, 0.2) is 11.5 Å². The van der Waals surface area contributed by atoms with Crippen LogP contribution in [-0.4, -0.2) is 25.3 Å². The molecule has 4 nitrogen and oxygen atoms in total. The summed E-state index contributed by atoms with van der Waals surface area (Å²) in [5.74, 6) is 0.527. The second kappa shape index (κ2) is 6.49. The molecule has 0 aliphatic carbocycles.